The van der Waals surface area contributed by atoms with Gasteiger partial charge in [-0.1, -0.05) is 212 Å². The highest BCUT2D eigenvalue weighted by Gasteiger charge is 2.20. The summed E-state index contributed by atoms with van der Waals surface area (Å²) in [5.74, 6) is 0. The molecule has 0 N–H and O–H groups in total. The lowest BCUT2D eigenvalue weighted by Crippen LogP contribution is -1.87. The summed E-state index contributed by atoms with van der Waals surface area (Å²) in [6.45, 7) is 0. The first-order chi connectivity index (χ1) is 44.6. The second kappa shape index (κ2) is 20.9. The second-order valence-electron chi connectivity index (χ2n) is 22.7. The highest BCUT2D eigenvalue weighted by atomic mass is 32.1. The van der Waals surface area contributed by atoms with Gasteiger partial charge in [-0.25, -0.2) is 19.9 Å². The van der Waals surface area contributed by atoms with Gasteiger partial charge in [0.05, 0.1) is 23.8 Å². The van der Waals surface area contributed by atoms with E-state index in [1.165, 1.54) is 135 Å². The fourth-order valence-electron chi connectivity index (χ4n) is 13.3. The molecule has 12 aromatic carbocycles. The normalized spacial score (nSPS) is 12.0. The summed E-state index contributed by atoms with van der Waals surface area (Å²) in [5.41, 5.74) is 15.8. The van der Waals surface area contributed by atoms with E-state index in [0.717, 1.165) is 54.0 Å². The van der Waals surface area contributed by atoms with Crippen LogP contribution in [0.15, 0.2) is 267 Å². The highest BCUT2D eigenvalue weighted by molar-refractivity contribution is 7.28. The largest absolute Gasteiger partial charge is 0.243 e. The van der Waals surface area contributed by atoms with Crippen molar-refractivity contribution >= 4 is 190 Å². The van der Waals surface area contributed by atoms with Crippen LogP contribution in [-0.4, -0.2) is 19.9 Å². The van der Waals surface area contributed by atoms with E-state index in [1.54, 1.807) is 22.7 Å². The molecular formula is C80H44N4S6. The molecule has 420 valence electrons. The average Bonchev–Trinajstić information content (AvgIpc) is 1.73. The minimum Gasteiger partial charge on any atom is -0.243 e. The third-order valence-corrected chi connectivity index (χ3v) is 24.6. The van der Waals surface area contributed by atoms with Crippen LogP contribution in [0.3, 0.4) is 0 Å². The molecule has 90 heavy (non-hydrogen) atoms. The lowest BCUT2D eigenvalue weighted by molar-refractivity contribution is 1.32. The molecule has 0 aliphatic heterocycles. The van der Waals surface area contributed by atoms with Gasteiger partial charge in [0.25, 0.3) is 0 Å². The van der Waals surface area contributed by atoms with Gasteiger partial charge in [-0.2, -0.15) is 0 Å². The Morgan fingerprint density at radius 3 is 1.00 bits per heavy atom. The molecular weight excluding hydrogens is 1210 g/mol. The van der Waals surface area contributed by atoms with Gasteiger partial charge in [0.15, 0.2) is 0 Å². The number of hydrogen-bond donors (Lipinski definition) is 0. The molecule has 0 unspecified atom stereocenters. The number of fused-ring (bicyclic) bond motifs is 18. The van der Waals surface area contributed by atoms with E-state index < -0.39 is 0 Å². The van der Waals surface area contributed by atoms with Gasteiger partial charge in [0.2, 0.25) is 0 Å². The van der Waals surface area contributed by atoms with E-state index in [1.807, 2.05) is 57.7 Å². The van der Waals surface area contributed by atoms with E-state index in [2.05, 4.69) is 255 Å². The Balaban J connectivity index is 0.000000130. The van der Waals surface area contributed by atoms with E-state index in [9.17, 15) is 0 Å². The average molecular weight is 1250 g/mol. The lowest BCUT2D eigenvalue weighted by atomic mass is 10.00. The number of thiophene rings is 6. The van der Waals surface area contributed by atoms with Crippen LogP contribution in [0.2, 0.25) is 0 Å². The summed E-state index contributed by atoms with van der Waals surface area (Å²) in [7, 11) is 0. The van der Waals surface area contributed by atoms with Gasteiger partial charge in [-0.3, -0.25) is 0 Å². The van der Waals surface area contributed by atoms with Crippen molar-refractivity contribution < 1.29 is 0 Å². The van der Waals surface area contributed by atoms with Crippen LogP contribution in [0.25, 0.3) is 189 Å². The van der Waals surface area contributed by atoms with Gasteiger partial charge in [-0.05, 0) is 75.8 Å². The van der Waals surface area contributed by atoms with Crippen LogP contribution >= 0.6 is 68.0 Å². The van der Waals surface area contributed by atoms with Gasteiger partial charge < -0.3 is 0 Å². The summed E-state index contributed by atoms with van der Waals surface area (Å²) < 4.78 is 13.0. The van der Waals surface area contributed by atoms with Crippen molar-refractivity contribution in [3.05, 3.63) is 267 Å². The molecule has 8 aromatic heterocycles. The first-order valence-corrected chi connectivity index (χ1v) is 34.7. The van der Waals surface area contributed by atoms with Crippen molar-refractivity contribution in [3.63, 3.8) is 0 Å². The Morgan fingerprint density at radius 2 is 0.544 bits per heavy atom. The van der Waals surface area contributed by atoms with Crippen LogP contribution in [0.4, 0.5) is 0 Å². The zero-order valence-corrected chi connectivity index (χ0v) is 52.5. The van der Waals surface area contributed by atoms with Gasteiger partial charge >= 0.3 is 0 Å². The predicted molar refractivity (Wildman–Crippen MR) is 394 cm³/mol. The zero-order chi connectivity index (χ0) is 59.0. The van der Waals surface area contributed by atoms with Gasteiger partial charge in [0, 0.05) is 123 Å². The molecule has 8 heterocycles. The molecule has 20 aromatic rings. The van der Waals surface area contributed by atoms with Crippen molar-refractivity contribution in [2.24, 2.45) is 0 Å². The smallest absolute Gasteiger partial charge is 0.143 e. The maximum Gasteiger partial charge on any atom is 0.143 e. The third-order valence-electron chi connectivity index (χ3n) is 17.5. The van der Waals surface area contributed by atoms with Crippen LogP contribution in [-0.2, 0) is 0 Å². The summed E-state index contributed by atoms with van der Waals surface area (Å²) in [5, 5.41) is 12.9. The van der Waals surface area contributed by atoms with Crippen LogP contribution in [0, 0.1) is 0 Å². The molecule has 20 rings (SSSR count). The van der Waals surface area contributed by atoms with E-state index >= 15 is 0 Å². The molecule has 0 spiro atoms. The number of benzene rings is 12. The molecule has 0 amide bonds. The van der Waals surface area contributed by atoms with Crippen LogP contribution in [0.5, 0.6) is 0 Å². The number of nitrogens with zero attached hydrogens (tertiary/aromatic N) is 4. The number of rotatable bonds is 6. The molecule has 0 radical (unpaired) electrons. The Kier molecular flexibility index (Phi) is 12.1. The number of hydrogen-bond acceptors (Lipinski definition) is 10. The predicted octanol–water partition coefficient (Wildman–Crippen LogP) is 25.2. The topological polar surface area (TPSA) is 51.6 Å². The maximum absolute atomic E-state index is 5.25. The lowest BCUT2D eigenvalue weighted by Gasteiger charge is -2.07. The molecule has 0 atom stereocenters. The fraction of sp³-hybridized carbons (Fsp3) is 0. The Hall–Kier alpha value is -9.88. The SMILES string of the molecule is c1cc(-c2cnc3sc4c(-c5cccc6c5sc5ccccc56)cccc4c3n2)cc(-c2cccc3c2sc2ccccc23)c1.c1cc(-c2cnc3sc4cc(-c5cccc6c5sc5ccccc56)ccc4c3n2)cc(-c2cccc3c2sc2ccccc23)c1. The third kappa shape index (κ3) is 8.40. The molecule has 0 saturated heterocycles. The Morgan fingerprint density at radius 1 is 0.211 bits per heavy atom. The molecule has 0 aliphatic carbocycles. The van der Waals surface area contributed by atoms with E-state index in [4.69, 9.17) is 19.9 Å². The molecule has 0 aliphatic rings. The number of aromatic nitrogens is 4. The van der Waals surface area contributed by atoms with Crippen molar-refractivity contribution in [3.8, 4) is 67.0 Å². The van der Waals surface area contributed by atoms with Crippen LogP contribution in [0.1, 0.15) is 0 Å². The van der Waals surface area contributed by atoms with Crippen molar-refractivity contribution in [1.82, 2.24) is 19.9 Å². The fourth-order valence-corrected chi connectivity index (χ4v) is 20.4. The first kappa shape index (κ1) is 52.1. The molecule has 0 saturated carbocycles. The Labute approximate surface area is 539 Å². The summed E-state index contributed by atoms with van der Waals surface area (Å²) >= 11 is 10.9. The summed E-state index contributed by atoms with van der Waals surface area (Å²) in [6, 6.07) is 92.2. The van der Waals surface area contributed by atoms with Crippen molar-refractivity contribution in [1.29, 1.82) is 0 Å². The van der Waals surface area contributed by atoms with Crippen molar-refractivity contribution in [2.75, 3.05) is 0 Å². The summed E-state index contributed by atoms with van der Waals surface area (Å²) in [6.07, 6.45) is 3.86. The zero-order valence-electron chi connectivity index (χ0n) is 47.6. The second-order valence-corrected chi connectivity index (χ2v) is 28.9. The summed E-state index contributed by atoms with van der Waals surface area (Å²) in [4.78, 5) is 22.3. The standard InChI is InChI=1S/2C40H22N2S3/c1-3-19-34-26(11-1)28-14-6-13-25(37(28)43-34)23-9-5-10-24(21-23)33-22-41-40-36(42-33)32-18-8-17-31(39(32)45-40)30-16-7-15-29-27-12-2-4-20-35(27)44-38(29)30;1-3-16-34-28(10-1)30-14-6-12-26(38(30)43-34)23-8-5-9-25(20-23)33-22-41-40-37(42-33)32-19-18-24(21-36(32)45-40)27-13-7-15-31-29-11-2-4-17-35(29)44-39(27)31/h2*1-22H. The molecule has 10 heteroatoms. The Bertz CT molecular complexity index is 6330. The highest BCUT2D eigenvalue weighted by Crippen LogP contribution is 2.48. The first-order valence-electron chi connectivity index (χ1n) is 29.8. The molecule has 0 fully saturated rings. The maximum atomic E-state index is 5.25. The van der Waals surface area contributed by atoms with E-state index in [-0.39, 0.29) is 0 Å². The monoisotopic (exact) mass is 1250 g/mol. The molecule has 4 nitrogen and oxygen atoms in total. The quantitative estimate of drug-likeness (QED) is 0.166. The van der Waals surface area contributed by atoms with E-state index in [0.29, 0.717) is 0 Å². The van der Waals surface area contributed by atoms with Crippen molar-refractivity contribution in [2.45, 2.75) is 0 Å². The van der Waals surface area contributed by atoms with Gasteiger partial charge in [-0.15, -0.1) is 68.0 Å². The molecule has 0 bridgehead atoms. The minimum atomic E-state index is 0.893. The minimum absolute atomic E-state index is 0.893. The van der Waals surface area contributed by atoms with Crippen LogP contribution < -0.4 is 0 Å². The van der Waals surface area contributed by atoms with Gasteiger partial charge in [0.1, 0.15) is 20.7 Å².